The fraction of sp³-hybridized carbons (Fsp3) is 0.440. The minimum atomic E-state index is 0.146. The van der Waals surface area contributed by atoms with Crippen LogP contribution < -0.4 is 5.32 Å². The molecule has 0 fully saturated rings. The quantitative estimate of drug-likeness (QED) is 0.459. The zero-order chi connectivity index (χ0) is 20.5. The molecule has 4 heteroatoms. The largest absolute Gasteiger partial charge is 0.356 e. The highest BCUT2D eigenvalue weighted by Gasteiger charge is 2.11. The smallest absolute Gasteiger partial charge is 0.220 e. The number of aryl methyl sites for hydroxylation is 2. The van der Waals surface area contributed by atoms with E-state index in [1.165, 1.54) is 16.9 Å². The number of para-hydroxylation sites is 2. The first kappa shape index (κ1) is 21.1. The number of hydrogen-bond donors (Lipinski definition) is 1. The van der Waals surface area contributed by atoms with E-state index >= 15 is 0 Å². The molecule has 154 valence electrons. The second kappa shape index (κ2) is 10.8. The van der Waals surface area contributed by atoms with Gasteiger partial charge in [-0.25, -0.2) is 4.98 Å². The van der Waals surface area contributed by atoms with Crippen molar-refractivity contribution in [2.75, 3.05) is 6.54 Å². The van der Waals surface area contributed by atoms with E-state index in [4.69, 9.17) is 4.98 Å². The maximum Gasteiger partial charge on any atom is 0.220 e. The summed E-state index contributed by atoms with van der Waals surface area (Å²) in [7, 11) is 0. The van der Waals surface area contributed by atoms with Crippen molar-refractivity contribution < 1.29 is 4.79 Å². The fourth-order valence-electron chi connectivity index (χ4n) is 3.69. The summed E-state index contributed by atoms with van der Waals surface area (Å²) in [6.07, 6.45) is 5.57. The molecule has 0 saturated carbocycles. The number of amides is 1. The van der Waals surface area contributed by atoms with Gasteiger partial charge in [-0.05, 0) is 42.9 Å². The molecule has 1 N–H and O–H groups in total. The summed E-state index contributed by atoms with van der Waals surface area (Å²) in [5.41, 5.74) is 3.54. The average Bonchev–Trinajstić information content (AvgIpc) is 3.06. The standard InChI is InChI=1S/C25H33N3O/c1-20(2)19-28-23-14-9-8-13-22(23)27-24(28)15-7-4-10-18-26-25(29)17-16-21-11-5-3-6-12-21/h3,5-6,8-9,11-14,20H,4,7,10,15-19H2,1-2H3,(H,26,29). The van der Waals surface area contributed by atoms with Gasteiger partial charge in [0.15, 0.2) is 0 Å². The first-order valence-corrected chi connectivity index (χ1v) is 10.9. The third-order valence-corrected chi connectivity index (χ3v) is 5.16. The summed E-state index contributed by atoms with van der Waals surface area (Å²) >= 11 is 0. The highest BCUT2D eigenvalue weighted by Crippen LogP contribution is 2.19. The van der Waals surface area contributed by atoms with Crippen molar-refractivity contribution >= 4 is 16.9 Å². The van der Waals surface area contributed by atoms with Crippen molar-refractivity contribution in [1.29, 1.82) is 0 Å². The van der Waals surface area contributed by atoms with Crippen LogP contribution >= 0.6 is 0 Å². The number of carbonyl (C=O) groups excluding carboxylic acids is 1. The van der Waals surface area contributed by atoms with Gasteiger partial charge in [0.1, 0.15) is 5.82 Å². The minimum absolute atomic E-state index is 0.146. The summed E-state index contributed by atoms with van der Waals surface area (Å²) in [6, 6.07) is 18.6. The zero-order valence-corrected chi connectivity index (χ0v) is 17.7. The van der Waals surface area contributed by atoms with Gasteiger partial charge in [-0.3, -0.25) is 4.79 Å². The number of hydrogen-bond acceptors (Lipinski definition) is 2. The molecule has 1 heterocycles. The molecule has 0 saturated heterocycles. The Balaban J connectivity index is 1.38. The molecule has 1 amide bonds. The van der Waals surface area contributed by atoms with Crippen LogP contribution in [0.4, 0.5) is 0 Å². The normalized spacial score (nSPS) is 11.3. The molecule has 0 bridgehead atoms. The van der Waals surface area contributed by atoms with Crippen molar-refractivity contribution in [2.24, 2.45) is 5.92 Å². The lowest BCUT2D eigenvalue weighted by Gasteiger charge is -2.12. The Kier molecular flexibility index (Phi) is 7.85. The minimum Gasteiger partial charge on any atom is -0.356 e. The van der Waals surface area contributed by atoms with E-state index in [1.54, 1.807) is 0 Å². The Hall–Kier alpha value is -2.62. The monoisotopic (exact) mass is 391 g/mol. The molecule has 0 aliphatic heterocycles. The highest BCUT2D eigenvalue weighted by molar-refractivity contribution is 5.76. The van der Waals surface area contributed by atoms with Gasteiger partial charge in [-0.2, -0.15) is 0 Å². The fourth-order valence-corrected chi connectivity index (χ4v) is 3.69. The molecule has 2 aromatic carbocycles. The van der Waals surface area contributed by atoms with Gasteiger partial charge in [0.05, 0.1) is 11.0 Å². The number of aromatic nitrogens is 2. The van der Waals surface area contributed by atoms with E-state index in [2.05, 4.69) is 60.1 Å². The Labute approximate surface area is 174 Å². The molecule has 0 radical (unpaired) electrons. The lowest BCUT2D eigenvalue weighted by molar-refractivity contribution is -0.121. The number of unbranched alkanes of at least 4 members (excludes halogenated alkanes) is 2. The molecule has 1 aromatic heterocycles. The summed E-state index contributed by atoms with van der Waals surface area (Å²) in [5.74, 6) is 1.93. The number of nitrogens with one attached hydrogen (secondary N) is 1. The number of benzene rings is 2. The zero-order valence-electron chi connectivity index (χ0n) is 17.7. The van der Waals surface area contributed by atoms with Crippen LogP contribution in [-0.2, 0) is 24.2 Å². The molecule has 0 aliphatic rings. The van der Waals surface area contributed by atoms with Crippen molar-refractivity contribution in [3.63, 3.8) is 0 Å². The molecule has 0 atom stereocenters. The first-order chi connectivity index (χ1) is 14.1. The van der Waals surface area contributed by atoms with Gasteiger partial charge in [0.25, 0.3) is 0 Å². The van der Waals surface area contributed by atoms with Gasteiger partial charge in [-0.15, -0.1) is 0 Å². The summed E-state index contributed by atoms with van der Waals surface area (Å²) in [4.78, 5) is 16.9. The van der Waals surface area contributed by atoms with Crippen LogP contribution in [-0.4, -0.2) is 22.0 Å². The second-order valence-corrected chi connectivity index (χ2v) is 8.17. The average molecular weight is 392 g/mol. The molecule has 0 aliphatic carbocycles. The van der Waals surface area contributed by atoms with Crippen LogP contribution in [0.3, 0.4) is 0 Å². The van der Waals surface area contributed by atoms with Gasteiger partial charge in [0.2, 0.25) is 5.91 Å². The van der Waals surface area contributed by atoms with Crippen molar-refractivity contribution in [3.05, 3.63) is 66.0 Å². The Morgan fingerprint density at radius 2 is 1.72 bits per heavy atom. The first-order valence-electron chi connectivity index (χ1n) is 10.9. The Bertz CT molecular complexity index is 899. The van der Waals surface area contributed by atoms with Crippen LogP contribution in [0.25, 0.3) is 11.0 Å². The number of fused-ring (bicyclic) bond motifs is 1. The van der Waals surface area contributed by atoms with Crippen molar-refractivity contribution in [2.45, 2.75) is 58.9 Å². The van der Waals surface area contributed by atoms with E-state index in [-0.39, 0.29) is 5.91 Å². The summed E-state index contributed by atoms with van der Waals surface area (Å²) < 4.78 is 2.38. The maximum absolute atomic E-state index is 12.0. The summed E-state index contributed by atoms with van der Waals surface area (Å²) in [6.45, 7) is 6.27. The Morgan fingerprint density at radius 3 is 2.52 bits per heavy atom. The van der Waals surface area contributed by atoms with E-state index in [0.29, 0.717) is 12.3 Å². The van der Waals surface area contributed by atoms with Crippen LogP contribution in [0.2, 0.25) is 0 Å². The highest BCUT2D eigenvalue weighted by atomic mass is 16.1. The molecule has 0 unspecified atom stereocenters. The van der Waals surface area contributed by atoms with Crippen molar-refractivity contribution in [3.8, 4) is 0 Å². The van der Waals surface area contributed by atoms with Crippen LogP contribution in [0, 0.1) is 5.92 Å². The number of rotatable bonds is 11. The third-order valence-electron chi connectivity index (χ3n) is 5.16. The number of carbonyl (C=O) groups is 1. The molecular formula is C25H33N3O. The van der Waals surface area contributed by atoms with Gasteiger partial charge < -0.3 is 9.88 Å². The van der Waals surface area contributed by atoms with Gasteiger partial charge in [0, 0.05) is 25.9 Å². The molecule has 3 aromatic rings. The number of nitrogens with zero attached hydrogens (tertiary/aromatic N) is 2. The molecule has 0 spiro atoms. The van der Waals surface area contributed by atoms with E-state index < -0.39 is 0 Å². The van der Waals surface area contributed by atoms with E-state index in [9.17, 15) is 4.79 Å². The topological polar surface area (TPSA) is 46.9 Å². The van der Waals surface area contributed by atoms with Gasteiger partial charge in [-0.1, -0.05) is 62.7 Å². The maximum atomic E-state index is 12.0. The van der Waals surface area contributed by atoms with Crippen molar-refractivity contribution in [1.82, 2.24) is 14.9 Å². The van der Waals surface area contributed by atoms with Crippen LogP contribution in [0.5, 0.6) is 0 Å². The molecule has 4 nitrogen and oxygen atoms in total. The SMILES string of the molecule is CC(C)Cn1c(CCCCCNC(=O)CCc2ccccc2)nc2ccccc21. The lowest BCUT2D eigenvalue weighted by atomic mass is 10.1. The molecule has 3 rings (SSSR count). The second-order valence-electron chi connectivity index (χ2n) is 8.17. The summed E-state index contributed by atoms with van der Waals surface area (Å²) in [5, 5.41) is 3.05. The van der Waals surface area contributed by atoms with Gasteiger partial charge >= 0.3 is 0 Å². The molecular weight excluding hydrogens is 358 g/mol. The Morgan fingerprint density at radius 1 is 0.966 bits per heavy atom. The van der Waals surface area contributed by atoms with Crippen LogP contribution in [0.1, 0.15) is 50.9 Å². The lowest BCUT2D eigenvalue weighted by Crippen LogP contribution is -2.24. The predicted octanol–water partition coefficient (Wildman–Crippen LogP) is 5.15. The van der Waals surface area contributed by atoms with E-state index in [0.717, 1.165) is 50.7 Å². The number of imidazole rings is 1. The molecule has 29 heavy (non-hydrogen) atoms. The predicted molar refractivity (Wildman–Crippen MR) is 120 cm³/mol. The van der Waals surface area contributed by atoms with E-state index in [1.807, 2.05) is 18.2 Å². The third kappa shape index (κ3) is 6.45. The van der Waals surface area contributed by atoms with Crippen LogP contribution in [0.15, 0.2) is 54.6 Å².